The number of nitrogens with one attached hydrogen (secondary N) is 1. The molecular weight excluding hydrogens is 216 g/mol. The van der Waals surface area contributed by atoms with Gasteiger partial charge in [0.1, 0.15) is 0 Å². The summed E-state index contributed by atoms with van der Waals surface area (Å²) in [5.41, 5.74) is 3.71. The Balaban J connectivity index is 2.49. The first-order valence-corrected chi connectivity index (χ1v) is 6.05. The molecule has 1 aromatic carbocycles. The van der Waals surface area contributed by atoms with Crippen LogP contribution in [0.2, 0.25) is 0 Å². The summed E-state index contributed by atoms with van der Waals surface area (Å²) in [6, 6.07) is 8.57. The summed E-state index contributed by atoms with van der Waals surface area (Å²) in [7, 11) is 0. The van der Waals surface area contributed by atoms with Gasteiger partial charge in [-0.25, -0.2) is 0 Å². The summed E-state index contributed by atoms with van der Waals surface area (Å²) in [5.74, 6) is 0. The van der Waals surface area contributed by atoms with Crippen LogP contribution in [0.25, 0.3) is 5.69 Å². The van der Waals surface area contributed by atoms with Crippen molar-refractivity contribution in [3.05, 3.63) is 46.5 Å². The number of hydrogen-bond acceptors (Lipinski definition) is 1. The molecule has 0 aliphatic heterocycles. The first-order chi connectivity index (χ1) is 7.76. The lowest BCUT2D eigenvalue weighted by molar-refractivity contribution is 0.920. The lowest BCUT2D eigenvalue weighted by Crippen LogP contribution is -1.99. The second kappa shape index (κ2) is 4.66. The summed E-state index contributed by atoms with van der Waals surface area (Å²) >= 11 is 5.29. The Morgan fingerprint density at radius 3 is 2.38 bits per heavy atom. The average molecular weight is 232 g/mol. The van der Waals surface area contributed by atoms with Gasteiger partial charge in [-0.2, -0.15) is 0 Å². The van der Waals surface area contributed by atoms with Crippen LogP contribution in [0.3, 0.4) is 0 Å². The van der Waals surface area contributed by atoms with Crippen molar-refractivity contribution in [2.75, 3.05) is 0 Å². The number of aryl methyl sites for hydroxylation is 2. The van der Waals surface area contributed by atoms with Gasteiger partial charge in [-0.05, 0) is 42.8 Å². The number of imidazole rings is 1. The minimum atomic E-state index is 0.765. The molecule has 0 aliphatic carbocycles. The van der Waals surface area contributed by atoms with Crippen LogP contribution in [0.15, 0.2) is 30.5 Å². The van der Waals surface area contributed by atoms with Crippen LogP contribution >= 0.6 is 12.2 Å². The second-order valence-corrected chi connectivity index (χ2v) is 4.18. The third-order valence-electron chi connectivity index (χ3n) is 2.82. The third kappa shape index (κ3) is 1.95. The number of benzene rings is 1. The minimum absolute atomic E-state index is 0.765. The Morgan fingerprint density at radius 1 is 1.12 bits per heavy atom. The summed E-state index contributed by atoms with van der Waals surface area (Å²) in [4.78, 5) is 3.09. The topological polar surface area (TPSA) is 20.7 Å². The normalized spacial score (nSPS) is 10.6. The van der Waals surface area contributed by atoms with Crippen molar-refractivity contribution >= 4 is 12.2 Å². The van der Waals surface area contributed by atoms with E-state index in [4.69, 9.17) is 12.2 Å². The Kier molecular flexibility index (Phi) is 3.25. The van der Waals surface area contributed by atoms with E-state index in [-0.39, 0.29) is 0 Å². The van der Waals surface area contributed by atoms with Crippen molar-refractivity contribution in [2.24, 2.45) is 0 Å². The summed E-state index contributed by atoms with van der Waals surface area (Å²) in [5, 5.41) is 0. The van der Waals surface area contributed by atoms with Crippen molar-refractivity contribution < 1.29 is 0 Å². The van der Waals surface area contributed by atoms with Gasteiger partial charge in [0.2, 0.25) is 0 Å². The molecule has 0 fully saturated rings. The van der Waals surface area contributed by atoms with Crippen LogP contribution in [0, 0.1) is 4.77 Å². The molecule has 0 bridgehead atoms. The van der Waals surface area contributed by atoms with Gasteiger partial charge >= 0.3 is 0 Å². The molecule has 0 saturated carbocycles. The standard InChI is InChI=1S/C13H16N2S/c1-3-10-5-7-12(8-6-10)15-11(4-2)9-14-13(15)16/h5-9H,3-4H2,1-2H3,(H,14,16). The lowest BCUT2D eigenvalue weighted by Gasteiger charge is -2.07. The molecule has 0 amide bonds. The highest BCUT2D eigenvalue weighted by atomic mass is 32.1. The average Bonchev–Trinajstić information content (AvgIpc) is 2.70. The monoisotopic (exact) mass is 232 g/mol. The summed E-state index contributed by atoms with van der Waals surface area (Å²) in [6.45, 7) is 4.29. The van der Waals surface area contributed by atoms with Crippen LogP contribution in [0.4, 0.5) is 0 Å². The molecule has 1 N–H and O–H groups in total. The molecule has 3 heteroatoms. The van der Waals surface area contributed by atoms with E-state index in [0.717, 1.165) is 23.3 Å². The van der Waals surface area contributed by atoms with Crippen molar-refractivity contribution in [1.82, 2.24) is 9.55 Å². The molecule has 2 aromatic rings. The van der Waals surface area contributed by atoms with Crippen LogP contribution in [-0.2, 0) is 12.8 Å². The Morgan fingerprint density at radius 2 is 1.81 bits per heavy atom. The van der Waals surface area contributed by atoms with E-state index < -0.39 is 0 Å². The molecule has 0 unspecified atom stereocenters. The predicted molar refractivity (Wildman–Crippen MR) is 69.7 cm³/mol. The fraction of sp³-hybridized carbons (Fsp3) is 0.308. The quantitative estimate of drug-likeness (QED) is 0.801. The highest BCUT2D eigenvalue weighted by molar-refractivity contribution is 7.71. The number of H-pyrrole nitrogens is 1. The van der Waals surface area contributed by atoms with Crippen molar-refractivity contribution in [3.63, 3.8) is 0 Å². The third-order valence-corrected chi connectivity index (χ3v) is 3.12. The molecule has 2 rings (SSSR count). The zero-order chi connectivity index (χ0) is 11.5. The molecule has 1 aromatic heterocycles. The SMILES string of the molecule is CCc1ccc(-n2c(CC)c[nH]c2=S)cc1. The Labute approximate surface area is 101 Å². The lowest BCUT2D eigenvalue weighted by atomic mass is 10.1. The molecule has 84 valence electrons. The van der Waals surface area contributed by atoms with Crippen LogP contribution in [0.5, 0.6) is 0 Å². The molecule has 1 heterocycles. The van der Waals surface area contributed by atoms with E-state index in [1.165, 1.54) is 11.3 Å². The zero-order valence-electron chi connectivity index (χ0n) is 9.66. The highest BCUT2D eigenvalue weighted by Crippen LogP contribution is 2.14. The van der Waals surface area contributed by atoms with Gasteiger partial charge < -0.3 is 4.98 Å². The van der Waals surface area contributed by atoms with Crippen molar-refractivity contribution in [3.8, 4) is 5.69 Å². The van der Waals surface area contributed by atoms with E-state index in [0.29, 0.717) is 0 Å². The van der Waals surface area contributed by atoms with E-state index in [2.05, 4.69) is 47.7 Å². The predicted octanol–water partition coefficient (Wildman–Crippen LogP) is 3.66. The first kappa shape index (κ1) is 11.1. The van der Waals surface area contributed by atoms with Gasteiger partial charge in [-0.1, -0.05) is 26.0 Å². The highest BCUT2D eigenvalue weighted by Gasteiger charge is 2.03. The Hall–Kier alpha value is -1.35. The maximum atomic E-state index is 5.29. The summed E-state index contributed by atoms with van der Waals surface area (Å²) in [6.07, 6.45) is 4.03. The molecule has 0 spiro atoms. The van der Waals surface area contributed by atoms with Crippen LogP contribution in [-0.4, -0.2) is 9.55 Å². The van der Waals surface area contributed by atoms with Gasteiger partial charge in [0.05, 0.1) is 0 Å². The van der Waals surface area contributed by atoms with Crippen molar-refractivity contribution in [2.45, 2.75) is 26.7 Å². The van der Waals surface area contributed by atoms with Gasteiger partial charge in [-0.15, -0.1) is 0 Å². The first-order valence-electron chi connectivity index (χ1n) is 5.64. The molecule has 0 radical (unpaired) electrons. The van der Waals surface area contributed by atoms with Gasteiger partial charge in [0.15, 0.2) is 4.77 Å². The molecule has 0 aliphatic rings. The molecule has 0 atom stereocenters. The van der Waals surface area contributed by atoms with Crippen LogP contribution in [0.1, 0.15) is 25.1 Å². The number of aromatic nitrogens is 2. The van der Waals surface area contributed by atoms with Crippen LogP contribution < -0.4 is 0 Å². The maximum Gasteiger partial charge on any atom is 0.182 e. The number of aromatic amines is 1. The maximum absolute atomic E-state index is 5.29. The molecule has 16 heavy (non-hydrogen) atoms. The molecule has 0 saturated heterocycles. The number of rotatable bonds is 3. The Bertz CT molecular complexity index is 520. The number of hydrogen-bond donors (Lipinski definition) is 1. The van der Waals surface area contributed by atoms with Crippen molar-refractivity contribution in [1.29, 1.82) is 0 Å². The molecule has 2 nitrogen and oxygen atoms in total. The zero-order valence-corrected chi connectivity index (χ0v) is 10.5. The van der Waals surface area contributed by atoms with E-state index >= 15 is 0 Å². The van der Waals surface area contributed by atoms with Gasteiger partial charge in [-0.3, -0.25) is 4.57 Å². The number of nitrogens with zero attached hydrogens (tertiary/aromatic N) is 1. The molecular formula is C13H16N2S. The van der Waals surface area contributed by atoms with E-state index in [1.54, 1.807) is 0 Å². The smallest absolute Gasteiger partial charge is 0.182 e. The van der Waals surface area contributed by atoms with E-state index in [9.17, 15) is 0 Å². The van der Waals surface area contributed by atoms with E-state index in [1.807, 2.05) is 6.20 Å². The second-order valence-electron chi connectivity index (χ2n) is 3.79. The van der Waals surface area contributed by atoms with Gasteiger partial charge in [0.25, 0.3) is 0 Å². The minimum Gasteiger partial charge on any atom is -0.337 e. The van der Waals surface area contributed by atoms with Gasteiger partial charge in [0, 0.05) is 17.6 Å². The largest absolute Gasteiger partial charge is 0.337 e. The fourth-order valence-corrected chi connectivity index (χ4v) is 2.11. The fourth-order valence-electron chi connectivity index (χ4n) is 1.83. The summed E-state index contributed by atoms with van der Waals surface area (Å²) < 4.78 is 2.86.